The van der Waals surface area contributed by atoms with Gasteiger partial charge in [0.1, 0.15) is 0 Å². The van der Waals surface area contributed by atoms with Crippen LogP contribution in [0.5, 0.6) is 11.5 Å². The van der Waals surface area contributed by atoms with Crippen molar-refractivity contribution in [2.45, 2.75) is 26.2 Å². The standard InChI is InChI=1S/C14H19NO2/c1-14(6-7-15-9-14)5-4-11-2-3-12-13(8-11)17-10-16-12/h2-3,8,15H,4-7,9-10H2,1H3. The van der Waals surface area contributed by atoms with Crippen LogP contribution in [0.3, 0.4) is 0 Å². The normalized spacial score (nSPS) is 26.4. The highest BCUT2D eigenvalue weighted by Crippen LogP contribution is 2.35. The molecule has 1 aromatic carbocycles. The van der Waals surface area contributed by atoms with Crippen molar-refractivity contribution in [1.29, 1.82) is 0 Å². The van der Waals surface area contributed by atoms with Gasteiger partial charge in [0.2, 0.25) is 6.79 Å². The minimum absolute atomic E-state index is 0.362. The predicted molar refractivity (Wildman–Crippen MR) is 66.5 cm³/mol. The number of ether oxygens (including phenoxy) is 2. The van der Waals surface area contributed by atoms with Gasteiger partial charge in [-0.25, -0.2) is 0 Å². The molecule has 2 aliphatic heterocycles. The summed E-state index contributed by atoms with van der Waals surface area (Å²) in [5, 5.41) is 3.45. The summed E-state index contributed by atoms with van der Waals surface area (Å²) in [7, 11) is 0. The quantitative estimate of drug-likeness (QED) is 0.869. The third-order valence-corrected chi connectivity index (χ3v) is 3.91. The first-order valence-corrected chi connectivity index (χ1v) is 6.34. The Morgan fingerprint density at radius 3 is 3.00 bits per heavy atom. The van der Waals surface area contributed by atoms with Crippen molar-refractivity contribution in [1.82, 2.24) is 5.32 Å². The third kappa shape index (κ3) is 2.25. The van der Waals surface area contributed by atoms with E-state index >= 15 is 0 Å². The van der Waals surface area contributed by atoms with E-state index in [2.05, 4.69) is 24.4 Å². The highest BCUT2D eigenvalue weighted by molar-refractivity contribution is 5.44. The Morgan fingerprint density at radius 2 is 2.18 bits per heavy atom. The van der Waals surface area contributed by atoms with Crippen molar-refractivity contribution in [3.63, 3.8) is 0 Å². The molecule has 1 saturated heterocycles. The molecular formula is C14H19NO2. The molecule has 1 N–H and O–H groups in total. The van der Waals surface area contributed by atoms with Crippen LogP contribution in [0.1, 0.15) is 25.3 Å². The van der Waals surface area contributed by atoms with Gasteiger partial charge < -0.3 is 14.8 Å². The Kier molecular flexibility index (Phi) is 2.71. The number of aryl methyl sites for hydroxylation is 1. The van der Waals surface area contributed by atoms with Gasteiger partial charge in [0.05, 0.1) is 0 Å². The first-order chi connectivity index (χ1) is 8.25. The van der Waals surface area contributed by atoms with E-state index in [-0.39, 0.29) is 0 Å². The number of nitrogens with one attached hydrogen (secondary N) is 1. The molecule has 3 nitrogen and oxygen atoms in total. The fraction of sp³-hybridized carbons (Fsp3) is 0.571. The van der Waals surface area contributed by atoms with E-state index in [0.717, 1.165) is 31.0 Å². The molecule has 1 fully saturated rings. The smallest absolute Gasteiger partial charge is 0.231 e. The van der Waals surface area contributed by atoms with Gasteiger partial charge in [-0.1, -0.05) is 13.0 Å². The van der Waals surface area contributed by atoms with E-state index in [1.165, 1.54) is 18.4 Å². The van der Waals surface area contributed by atoms with E-state index in [1.54, 1.807) is 0 Å². The SMILES string of the molecule is CC1(CCc2ccc3c(c2)OCO3)CCNC1. The third-order valence-electron chi connectivity index (χ3n) is 3.91. The maximum atomic E-state index is 5.40. The van der Waals surface area contributed by atoms with Crippen LogP contribution in [0.4, 0.5) is 0 Å². The molecule has 0 radical (unpaired) electrons. The highest BCUT2D eigenvalue weighted by Gasteiger charge is 2.28. The molecule has 3 rings (SSSR count). The van der Waals surface area contributed by atoms with Crippen molar-refractivity contribution >= 4 is 0 Å². The van der Waals surface area contributed by atoms with Crippen LogP contribution in [-0.4, -0.2) is 19.9 Å². The van der Waals surface area contributed by atoms with Crippen LogP contribution >= 0.6 is 0 Å². The van der Waals surface area contributed by atoms with Gasteiger partial charge in [-0.2, -0.15) is 0 Å². The molecule has 0 bridgehead atoms. The summed E-state index contributed by atoms with van der Waals surface area (Å²) < 4.78 is 10.7. The summed E-state index contributed by atoms with van der Waals surface area (Å²) in [6.45, 7) is 5.05. The summed E-state index contributed by atoms with van der Waals surface area (Å²) in [5.41, 5.74) is 1.82. The van der Waals surface area contributed by atoms with Crippen LogP contribution in [0.15, 0.2) is 18.2 Å². The topological polar surface area (TPSA) is 30.5 Å². The molecule has 1 atom stereocenters. The second kappa shape index (κ2) is 4.22. The van der Waals surface area contributed by atoms with Crippen molar-refractivity contribution in [2.24, 2.45) is 5.41 Å². The fourth-order valence-electron chi connectivity index (χ4n) is 2.62. The van der Waals surface area contributed by atoms with Gasteiger partial charge in [0.15, 0.2) is 11.5 Å². The van der Waals surface area contributed by atoms with E-state index in [9.17, 15) is 0 Å². The molecule has 17 heavy (non-hydrogen) atoms. The zero-order valence-electron chi connectivity index (χ0n) is 10.3. The monoisotopic (exact) mass is 233 g/mol. The van der Waals surface area contributed by atoms with Crippen LogP contribution in [-0.2, 0) is 6.42 Å². The molecule has 0 aliphatic carbocycles. The Hall–Kier alpha value is -1.22. The highest BCUT2D eigenvalue weighted by atomic mass is 16.7. The van der Waals surface area contributed by atoms with Gasteiger partial charge in [-0.05, 0) is 48.9 Å². The van der Waals surface area contributed by atoms with Gasteiger partial charge in [-0.3, -0.25) is 0 Å². The summed E-state index contributed by atoms with van der Waals surface area (Å²) in [6.07, 6.45) is 3.64. The lowest BCUT2D eigenvalue weighted by atomic mass is 9.83. The van der Waals surface area contributed by atoms with Gasteiger partial charge in [0, 0.05) is 6.54 Å². The largest absolute Gasteiger partial charge is 0.454 e. The fourth-order valence-corrected chi connectivity index (χ4v) is 2.62. The number of hydrogen-bond donors (Lipinski definition) is 1. The molecule has 0 aromatic heterocycles. The van der Waals surface area contributed by atoms with Crippen LogP contribution < -0.4 is 14.8 Å². The summed E-state index contributed by atoms with van der Waals surface area (Å²) >= 11 is 0. The average Bonchev–Trinajstić information content (AvgIpc) is 2.95. The van der Waals surface area contributed by atoms with E-state index < -0.39 is 0 Å². The number of rotatable bonds is 3. The lowest BCUT2D eigenvalue weighted by Gasteiger charge is -2.22. The molecule has 92 valence electrons. The maximum absolute atomic E-state index is 5.40. The number of hydrogen-bond acceptors (Lipinski definition) is 3. The van der Waals surface area contributed by atoms with E-state index in [4.69, 9.17) is 9.47 Å². The molecule has 0 amide bonds. The molecule has 2 heterocycles. The number of fused-ring (bicyclic) bond motifs is 1. The Balaban J connectivity index is 1.65. The number of benzene rings is 1. The predicted octanol–water partition coefficient (Wildman–Crippen LogP) is 2.35. The van der Waals surface area contributed by atoms with Crippen molar-refractivity contribution in [2.75, 3.05) is 19.9 Å². The molecule has 1 unspecified atom stereocenters. The zero-order valence-corrected chi connectivity index (χ0v) is 10.3. The van der Waals surface area contributed by atoms with Crippen LogP contribution in [0, 0.1) is 5.41 Å². The van der Waals surface area contributed by atoms with Gasteiger partial charge >= 0.3 is 0 Å². The summed E-state index contributed by atoms with van der Waals surface area (Å²) in [4.78, 5) is 0. The Morgan fingerprint density at radius 1 is 1.29 bits per heavy atom. The Labute approximate surface area is 102 Å². The van der Waals surface area contributed by atoms with E-state index in [0.29, 0.717) is 12.2 Å². The van der Waals surface area contributed by atoms with Crippen LogP contribution in [0.25, 0.3) is 0 Å². The first kappa shape index (κ1) is 10.9. The minimum atomic E-state index is 0.362. The van der Waals surface area contributed by atoms with E-state index in [1.807, 2.05) is 6.07 Å². The second-order valence-electron chi connectivity index (χ2n) is 5.43. The average molecular weight is 233 g/mol. The van der Waals surface area contributed by atoms with Crippen LogP contribution in [0.2, 0.25) is 0 Å². The molecule has 2 aliphatic rings. The second-order valence-corrected chi connectivity index (χ2v) is 5.43. The van der Waals surface area contributed by atoms with Crippen molar-refractivity contribution < 1.29 is 9.47 Å². The van der Waals surface area contributed by atoms with Crippen molar-refractivity contribution in [3.8, 4) is 11.5 Å². The lowest BCUT2D eigenvalue weighted by molar-refractivity contribution is 0.174. The van der Waals surface area contributed by atoms with Crippen molar-refractivity contribution in [3.05, 3.63) is 23.8 Å². The van der Waals surface area contributed by atoms with Gasteiger partial charge in [0.25, 0.3) is 0 Å². The molecule has 3 heteroatoms. The van der Waals surface area contributed by atoms with Gasteiger partial charge in [-0.15, -0.1) is 0 Å². The molecule has 0 saturated carbocycles. The summed E-state index contributed by atoms with van der Waals surface area (Å²) in [6, 6.07) is 6.29. The molecular weight excluding hydrogens is 214 g/mol. The Bertz CT molecular complexity index is 411. The summed E-state index contributed by atoms with van der Waals surface area (Å²) in [5.74, 6) is 1.78. The minimum Gasteiger partial charge on any atom is -0.454 e. The maximum Gasteiger partial charge on any atom is 0.231 e. The molecule has 1 aromatic rings. The first-order valence-electron chi connectivity index (χ1n) is 6.34. The zero-order chi connectivity index (χ0) is 11.7. The molecule has 0 spiro atoms. The lowest BCUT2D eigenvalue weighted by Crippen LogP contribution is -2.20.